The standard InChI is InChI=1S/C20H27N3O2/c1-15(2)13-22-20(21-10-9-18-8-5-11-25-18)23-14-19(24)17-7-4-6-16(3)12-17/h4-8,11-12,19,24H,1,9-10,13-14H2,2-3H3,(H2,21,22,23). The number of rotatable bonds is 8. The van der Waals surface area contributed by atoms with Gasteiger partial charge in [-0.2, -0.15) is 0 Å². The van der Waals surface area contributed by atoms with Gasteiger partial charge in [-0.05, 0) is 31.5 Å². The van der Waals surface area contributed by atoms with Crippen molar-refractivity contribution in [1.82, 2.24) is 10.6 Å². The molecule has 0 saturated carbocycles. The Morgan fingerprint density at radius 3 is 2.80 bits per heavy atom. The van der Waals surface area contributed by atoms with Crippen molar-refractivity contribution in [3.8, 4) is 0 Å². The molecule has 134 valence electrons. The van der Waals surface area contributed by atoms with Gasteiger partial charge < -0.3 is 20.2 Å². The molecule has 5 heteroatoms. The molecular weight excluding hydrogens is 314 g/mol. The summed E-state index contributed by atoms with van der Waals surface area (Å²) >= 11 is 0. The van der Waals surface area contributed by atoms with Gasteiger partial charge in [0.15, 0.2) is 5.96 Å². The predicted octanol–water partition coefficient (Wildman–Crippen LogP) is 2.98. The fourth-order valence-corrected chi connectivity index (χ4v) is 2.33. The van der Waals surface area contributed by atoms with Crippen molar-refractivity contribution in [3.05, 3.63) is 71.7 Å². The van der Waals surface area contributed by atoms with Crippen molar-refractivity contribution < 1.29 is 9.52 Å². The van der Waals surface area contributed by atoms with Crippen molar-refractivity contribution >= 4 is 5.96 Å². The molecule has 0 aliphatic rings. The van der Waals surface area contributed by atoms with Crippen LogP contribution in [0.15, 0.2) is 64.2 Å². The lowest BCUT2D eigenvalue weighted by Crippen LogP contribution is -2.39. The second-order valence-corrected chi connectivity index (χ2v) is 6.19. The molecule has 1 aromatic carbocycles. The van der Waals surface area contributed by atoms with Gasteiger partial charge in [0, 0.05) is 19.5 Å². The highest BCUT2D eigenvalue weighted by Crippen LogP contribution is 2.14. The maximum absolute atomic E-state index is 10.4. The Labute approximate surface area is 149 Å². The average molecular weight is 341 g/mol. The number of hydrogen-bond donors (Lipinski definition) is 3. The summed E-state index contributed by atoms with van der Waals surface area (Å²) in [6.45, 7) is 9.46. The van der Waals surface area contributed by atoms with E-state index in [0.717, 1.165) is 28.9 Å². The largest absolute Gasteiger partial charge is 0.469 e. The van der Waals surface area contributed by atoms with Crippen LogP contribution in [0.5, 0.6) is 0 Å². The predicted molar refractivity (Wildman–Crippen MR) is 102 cm³/mol. The van der Waals surface area contributed by atoms with Crippen molar-refractivity contribution in [2.75, 3.05) is 19.6 Å². The molecule has 0 bridgehead atoms. The molecule has 5 nitrogen and oxygen atoms in total. The first kappa shape index (κ1) is 18.8. The number of aliphatic hydroxyl groups excluding tert-OH is 1. The van der Waals surface area contributed by atoms with E-state index < -0.39 is 6.10 Å². The van der Waals surface area contributed by atoms with Gasteiger partial charge in [-0.1, -0.05) is 42.0 Å². The SMILES string of the molecule is C=C(C)CNC(=NCC(O)c1cccc(C)c1)NCCc1ccco1. The van der Waals surface area contributed by atoms with Gasteiger partial charge in [0.1, 0.15) is 5.76 Å². The molecule has 0 saturated heterocycles. The van der Waals surface area contributed by atoms with E-state index in [0.29, 0.717) is 19.0 Å². The van der Waals surface area contributed by atoms with E-state index in [1.165, 1.54) is 0 Å². The molecule has 0 aliphatic heterocycles. The van der Waals surface area contributed by atoms with E-state index in [9.17, 15) is 5.11 Å². The summed E-state index contributed by atoms with van der Waals surface area (Å²) in [4.78, 5) is 4.49. The molecule has 25 heavy (non-hydrogen) atoms. The molecule has 1 heterocycles. The third-order valence-electron chi connectivity index (χ3n) is 3.65. The van der Waals surface area contributed by atoms with Crippen LogP contribution in [0.1, 0.15) is 29.9 Å². The molecule has 2 rings (SSSR count). The number of benzene rings is 1. The molecule has 0 aliphatic carbocycles. The molecule has 2 aromatic rings. The Bertz CT molecular complexity index is 693. The van der Waals surface area contributed by atoms with Crippen LogP contribution in [0.3, 0.4) is 0 Å². The van der Waals surface area contributed by atoms with Gasteiger partial charge in [0.25, 0.3) is 0 Å². The van der Waals surface area contributed by atoms with Gasteiger partial charge in [0.05, 0.1) is 18.9 Å². The maximum atomic E-state index is 10.4. The fourth-order valence-electron chi connectivity index (χ4n) is 2.33. The van der Waals surface area contributed by atoms with Gasteiger partial charge >= 0.3 is 0 Å². The summed E-state index contributed by atoms with van der Waals surface area (Å²) in [5, 5.41) is 16.8. The number of nitrogens with one attached hydrogen (secondary N) is 2. The van der Waals surface area contributed by atoms with Crippen molar-refractivity contribution in [2.45, 2.75) is 26.4 Å². The molecule has 3 N–H and O–H groups in total. The second-order valence-electron chi connectivity index (χ2n) is 6.19. The topological polar surface area (TPSA) is 69.8 Å². The Morgan fingerprint density at radius 2 is 2.12 bits per heavy atom. The number of aliphatic imine (C=N–C) groups is 1. The minimum atomic E-state index is -0.631. The van der Waals surface area contributed by atoms with Crippen LogP contribution >= 0.6 is 0 Å². The van der Waals surface area contributed by atoms with E-state index in [1.807, 2.05) is 50.2 Å². The number of aliphatic hydroxyl groups is 1. The Balaban J connectivity index is 1.92. The number of nitrogens with zero attached hydrogens (tertiary/aromatic N) is 1. The van der Waals surface area contributed by atoms with Gasteiger partial charge in [0.2, 0.25) is 0 Å². The number of furan rings is 1. The summed E-state index contributed by atoms with van der Waals surface area (Å²) in [6.07, 6.45) is 1.80. The molecule has 0 amide bonds. The van der Waals surface area contributed by atoms with Crippen LogP contribution in [0, 0.1) is 6.92 Å². The smallest absolute Gasteiger partial charge is 0.191 e. The first-order chi connectivity index (χ1) is 12.0. The van der Waals surface area contributed by atoms with Crippen LogP contribution in [0.2, 0.25) is 0 Å². The highest BCUT2D eigenvalue weighted by molar-refractivity contribution is 5.80. The maximum Gasteiger partial charge on any atom is 0.191 e. The summed E-state index contributed by atoms with van der Waals surface area (Å²) in [5.74, 6) is 1.58. The van der Waals surface area contributed by atoms with Crippen LogP contribution < -0.4 is 10.6 Å². The lowest BCUT2D eigenvalue weighted by Gasteiger charge is -2.14. The van der Waals surface area contributed by atoms with Crippen LogP contribution in [0.25, 0.3) is 0 Å². The molecule has 0 fully saturated rings. The van der Waals surface area contributed by atoms with Crippen molar-refractivity contribution in [1.29, 1.82) is 0 Å². The first-order valence-electron chi connectivity index (χ1n) is 8.48. The third-order valence-corrected chi connectivity index (χ3v) is 3.65. The highest BCUT2D eigenvalue weighted by Gasteiger charge is 2.08. The van der Waals surface area contributed by atoms with Crippen LogP contribution in [-0.4, -0.2) is 30.7 Å². The zero-order valence-electron chi connectivity index (χ0n) is 15.0. The zero-order chi connectivity index (χ0) is 18.1. The first-order valence-corrected chi connectivity index (χ1v) is 8.48. The lowest BCUT2D eigenvalue weighted by molar-refractivity contribution is 0.187. The normalized spacial score (nSPS) is 12.7. The summed E-state index contributed by atoms with van der Waals surface area (Å²) < 4.78 is 5.33. The quantitative estimate of drug-likeness (QED) is 0.392. The molecule has 0 spiro atoms. The molecule has 1 aromatic heterocycles. The second kappa shape index (κ2) is 9.69. The molecule has 0 radical (unpaired) electrons. The summed E-state index contributed by atoms with van der Waals surface area (Å²) in [6, 6.07) is 11.7. The van der Waals surface area contributed by atoms with Crippen molar-refractivity contribution in [3.63, 3.8) is 0 Å². The fraction of sp³-hybridized carbons (Fsp3) is 0.350. The minimum Gasteiger partial charge on any atom is -0.469 e. The highest BCUT2D eigenvalue weighted by atomic mass is 16.3. The van der Waals surface area contributed by atoms with Crippen molar-refractivity contribution in [2.24, 2.45) is 4.99 Å². The van der Waals surface area contributed by atoms with E-state index in [2.05, 4.69) is 22.2 Å². The van der Waals surface area contributed by atoms with E-state index >= 15 is 0 Å². The minimum absolute atomic E-state index is 0.287. The van der Waals surface area contributed by atoms with Crippen LogP contribution in [0.4, 0.5) is 0 Å². The molecule has 1 atom stereocenters. The van der Waals surface area contributed by atoms with E-state index in [-0.39, 0.29) is 6.54 Å². The Morgan fingerprint density at radius 1 is 1.28 bits per heavy atom. The molecule has 1 unspecified atom stereocenters. The average Bonchev–Trinajstić information content (AvgIpc) is 3.09. The van der Waals surface area contributed by atoms with Crippen LogP contribution in [-0.2, 0) is 6.42 Å². The van der Waals surface area contributed by atoms with Gasteiger partial charge in [-0.15, -0.1) is 0 Å². The van der Waals surface area contributed by atoms with Gasteiger partial charge in [-0.3, -0.25) is 4.99 Å². The van der Waals surface area contributed by atoms with E-state index in [1.54, 1.807) is 6.26 Å². The number of hydrogen-bond acceptors (Lipinski definition) is 3. The Hall–Kier alpha value is -2.53. The monoisotopic (exact) mass is 341 g/mol. The number of guanidine groups is 1. The third kappa shape index (κ3) is 6.85. The lowest BCUT2D eigenvalue weighted by atomic mass is 10.1. The Kier molecular flexibility index (Phi) is 7.29. The zero-order valence-corrected chi connectivity index (χ0v) is 15.0. The summed E-state index contributed by atoms with van der Waals surface area (Å²) in [7, 11) is 0. The van der Waals surface area contributed by atoms with Gasteiger partial charge in [-0.25, -0.2) is 0 Å². The summed E-state index contributed by atoms with van der Waals surface area (Å²) in [5.41, 5.74) is 3.01. The number of aryl methyl sites for hydroxylation is 1. The molecular formula is C20H27N3O2. The van der Waals surface area contributed by atoms with E-state index in [4.69, 9.17) is 4.42 Å².